The third kappa shape index (κ3) is 4.05. The topological polar surface area (TPSA) is 63.5 Å². The number of nitrogens with one attached hydrogen (secondary N) is 1. The van der Waals surface area contributed by atoms with E-state index in [2.05, 4.69) is 35.9 Å². The zero-order valence-electron chi connectivity index (χ0n) is 14.6. The van der Waals surface area contributed by atoms with Gasteiger partial charge in [0, 0.05) is 24.2 Å². The molecule has 5 heteroatoms. The minimum absolute atomic E-state index is 0.0282. The number of rotatable bonds is 4. The van der Waals surface area contributed by atoms with Gasteiger partial charge in [0.25, 0.3) is 0 Å². The van der Waals surface area contributed by atoms with Crippen LogP contribution in [0.3, 0.4) is 0 Å². The molecular weight excluding hydrogens is 292 g/mol. The maximum Gasteiger partial charge on any atom is 0.407 e. The first kappa shape index (κ1) is 17.3. The van der Waals surface area contributed by atoms with Crippen LogP contribution >= 0.6 is 0 Å². The number of aliphatic hydroxyl groups excluding tert-OH is 1. The van der Waals surface area contributed by atoms with Crippen LogP contribution in [0.4, 0.5) is 4.79 Å². The van der Waals surface area contributed by atoms with Crippen molar-refractivity contribution in [1.82, 2.24) is 9.88 Å². The average Bonchev–Trinajstić information content (AvgIpc) is 2.80. The highest BCUT2D eigenvalue weighted by Crippen LogP contribution is 2.25. The Morgan fingerprint density at radius 1 is 1.30 bits per heavy atom. The maximum absolute atomic E-state index is 11.7. The van der Waals surface area contributed by atoms with E-state index >= 15 is 0 Å². The number of fused-ring (bicyclic) bond motifs is 1. The second-order valence-corrected chi connectivity index (χ2v) is 6.82. The number of aliphatic hydroxyl groups is 1. The summed E-state index contributed by atoms with van der Waals surface area (Å²) in [6.45, 7) is 10.7. The summed E-state index contributed by atoms with van der Waals surface area (Å²) in [4.78, 5) is 11.7. The van der Waals surface area contributed by atoms with Crippen LogP contribution in [0, 0.1) is 13.8 Å². The molecule has 5 nitrogen and oxygen atoms in total. The molecule has 2 aromatic rings. The SMILES string of the molecule is Cc1ccc2cc(CO)n(CCNC(=O)OC(C)(C)C)c2c1C. The van der Waals surface area contributed by atoms with Crippen molar-refractivity contribution in [3.8, 4) is 0 Å². The Hall–Kier alpha value is -2.01. The highest BCUT2D eigenvalue weighted by atomic mass is 16.6. The Bertz CT molecular complexity index is 711. The summed E-state index contributed by atoms with van der Waals surface area (Å²) in [6, 6.07) is 6.14. The van der Waals surface area contributed by atoms with Crippen LogP contribution in [-0.4, -0.2) is 27.9 Å². The van der Waals surface area contributed by atoms with Crippen molar-refractivity contribution in [2.45, 2.75) is 53.4 Å². The average molecular weight is 318 g/mol. The third-order valence-corrected chi connectivity index (χ3v) is 3.84. The van der Waals surface area contributed by atoms with Crippen LogP contribution in [0.1, 0.15) is 37.6 Å². The van der Waals surface area contributed by atoms with E-state index < -0.39 is 11.7 Å². The van der Waals surface area contributed by atoms with Gasteiger partial charge in [-0.2, -0.15) is 0 Å². The molecule has 0 saturated carbocycles. The van der Waals surface area contributed by atoms with Crippen molar-refractivity contribution in [2.75, 3.05) is 6.54 Å². The Kier molecular flexibility index (Phi) is 5.00. The van der Waals surface area contributed by atoms with E-state index in [1.807, 2.05) is 26.8 Å². The monoisotopic (exact) mass is 318 g/mol. The van der Waals surface area contributed by atoms with Crippen molar-refractivity contribution in [3.63, 3.8) is 0 Å². The minimum atomic E-state index is -0.506. The van der Waals surface area contributed by atoms with E-state index in [-0.39, 0.29) is 6.61 Å². The van der Waals surface area contributed by atoms with Crippen LogP contribution in [0.15, 0.2) is 18.2 Å². The molecule has 2 N–H and O–H groups in total. The molecule has 0 fully saturated rings. The Morgan fingerprint density at radius 2 is 2.00 bits per heavy atom. The molecular formula is C18H26N2O3. The smallest absolute Gasteiger partial charge is 0.407 e. The summed E-state index contributed by atoms with van der Waals surface area (Å²) < 4.78 is 7.30. The van der Waals surface area contributed by atoms with Crippen molar-refractivity contribution in [2.24, 2.45) is 0 Å². The summed E-state index contributed by atoms with van der Waals surface area (Å²) in [6.07, 6.45) is -0.424. The van der Waals surface area contributed by atoms with E-state index in [4.69, 9.17) is 4.74 Å². The number of aryl methyl sites for hydroxylation is 2. The molecule has 0 unspecified atom stereocenters. The molecule has 0 aliphatic carbocycles. The first-order chi connectivity index (χ1) is 10.7. The van der Waals surface area contributed by atoms with Crippen LogP contribution in [0.5, 0.6) is 0 Å². The molecule has 0 saturated heterocycles. The largest absolute Gasteiger partial charge is 0.444 e. The zero-order valence-corrected chi connectivity index (χ0v) is 14.6. The number of nitrogens with zero attached hydrogens (tertiary/aromatic N) is 1. The van der Waals surface area contributed by atoms with E-state index in [0.717, 1.165) is 16.6 Å². The minimum Gasteiger partial charge on any atom is -0.444 e. The fourth-order valence-electron chi connectivity index (χ4n) is 2.67. The molecule has 2 rings (SSSR count). The van der Waals surface area contributed by atoms with Gasteiger partial charge < -0.3 is 19.7 Å². The molecule has 1 aromatic heterocycles. The van der Waals surface area contributed by atoms with Crippen molar-refractivity contribution in [1.29, 1.82) is 0 Å². The molecule has 1 heterocycles. The zero-order chi connectivity index (χ0) is 17.2. The number of benzene rings is 1. The Morgan fingerprint density at radius 3 is 2.61 bits per heavy atom. The lowest BCUT2D eigenvalue weighted by Gasteiger charge is -2.20. The predicted molar refractivity (Wildman–Crippen MR) is 91.6 cm³/mol. The molecule has 0 aliphatic rings. The number of ether oxygens (including phenoxy) is 1. The van der Waals surface area contributed by atoms with Gasteiger partial charge in [0.05, 0.1) is 12.1 Å². The van der Waals surface area contributed by atoms with E-state index in [1.165, 1.54) is 11.1 Å². The lowest BCUT2D eigenvalue weighted by Crippen LogP contribution is -2.34. The number of hydrogen-bond donors (Lipinski definition) is 2. The third-order valence-electron chi connectivity index (χ3n) is 3.84. The molecule has 1 amide bonds. The molecule has 23 heavy (non-hydrogen) atoms. The van der Waals surface area contributed by atoms with E-state index in [1.54, 1.807) is 0 Å². The second kappa shape index (κ2) is 6.62. The lowest BCUT2D eigenvalue weighted by atomic mass is 10.1. The van der Waals surface area contributed by atoms with Gasteiger partial charge in [0.15, 0.2) is 0 Å². The first-order valence-electron chi connectivity index (χ1n) is 7.89. The molecule has 0 spiro atoms. The van der Waals surface area contributed by atoms with Crippen LogP contribution < -0.4 is 5.32 Å². The molecule has 0 radical (unpaired) electrons. The van der Waals surface area contributed by atoms with E-state index in [9.17, 15) is 9.90 Å². The number of aromatic nitrogens is 1. The number of amides is 1. The normalized spacial score (nSPS) is 11.7. The molecule has 126 valence electrons. The molecule has 0 aliphatic heterocycles. The summed E-state index contributed by atoms with van der Waals surface area (Å²) in [5, 5.41) is 13.5. The van der Waals surface area contributed by atoms with Gasteiger partial charge in [-0.15, -0.1) is 0 Å². The fraction of sp³-hybridized carbons (Fsp3) is 0.500. The number of hydrogen-bond acceptors (Lipinski definition) is 3. The summed E-state index contributed by atoms with van der Waals surface area (Å²) in [5.41, 5.74) is 3.86. The summed E-state index contributed by atoms with van der Waals surface area (Å²) in [5.74, 6) is 0. The lowest BCUT2D eigenvalue weighted by molar-refractivity contribution is 0.0526. The fourth-order valence-corrected chi connectivity index (χ4v) is 2.67. The van der Waals surface area contributed by atoms with Crippen LogP contribution in [-0.2, 0) is 17.9 Å². The van der Waals surface area contributed by atoms with Crippen molar-refractivity contribution in [3.05, 3.63) is 35.0 Å². The second-order valence-electron chi connectivity index (χ2n) is 6.82. The first-order valence-corrected chi connectivity index (χ1v) is 7.89. The quantitative estimate of drug-likeness (QED) is 0.909. The highest BCUT2D eigenvalue weighted by molar-refractivity contribution is 5.85. The van der Waals surface area contributed by atoms with Gasteiger partial charge in [-0.1, -0.05) is 12.1 Å². The molecule has 1 aromatic carbocycles. The number of alkyl carbamates (subject to hydrolysis) is 1. The van der Waals surface area contributed by atoms with Crippen molar-refractivity contribution < 1.29 is 14.6 Å². The summed E-state index contributed by atoms with van der Waals surface area (Å²) in [7, 11) is 0. The standard InChI is InChI=1S/C18H26N2O3/c1-12-6-7-14-10-15(11-21)20(16(14)13(12)2)9-8-19-17(22)23-18(3,4)5/h6-7,10,21H,8-9,11H2,1-5H3,(H,19,22). The van der Waals surface area contributed by atoms with Crippen molar-refractivity contribution >= 4 is 17.0 Å². The highest BCUT2D eigenvalue weighted by Gasteiger charge is 2.16. The van der Waals surface area contributed by atoms with Crippen LogP contribution in [0.2, 0.25) is 0 Å². The summed E-state index contributed by atoms with van der Waals surface area (Å²) >= 11 is 0. The molecule has 0 atom stereocenters. The van der Waals surface area contributed by atoms with E-state index in [0.29, 0.717) is 13.1 Å². The van der Waals surface area contributed by atoms with Crippen LogP contribution in [0.25, 0.3) is 10.9 Å². The van der Waals surface area contributed by atoms with Gasteiger partial charge in [-0.3, -0.25) is 0 Å². The Labute approximate surface area is 137 Å². The van der Waals surface area contributed by atoms with Gasteiger partial charge in [-0.25, -0.2) is 4.79 Å². The number of carbonyl (C=O) groups excluding carboxylic acids is 1. The molecule has 0 bridgehead atoms. The van der Waals surface area contributed by atoms with Gasteiger partial charge in [0.1, 0.15) is 5.60 Å². The Balaban J connectivity index is 2.16. The van der Waals surface area contributed by atoms with Gasteiger partial charge in [0.2, 0.25) is 0 Å². The van der Waals surface area contributed by atoms with Gasteiger partial charge >= 0.3 is 6.09 Å². The predicted octanol–water partition coefficient (Wildman–Crippen LogP) is 3.28. The number of carbonyl (C=O) groups is 1. The maximum atomic E-state index is 11.7. The van der Waals surface area contributed by atoms with Gasteiger partial charge in [-0.05, 0) is 51.8 Å².